The van der Waals surface area contributed by atoms with E-state index in [0.29, 0.717) is 0 Å². The summed E-state index contributed by atoms with van der Waals surface area (Å²) in [5, 5.41) is 4.76. The first-order valence-electron chi connectivity index (χ1n) is 20.1. The smallest absolute Gasteiger partial charge is 0.434 e. The average molecular weight is 754 g/mol. The Hall–Kier alpha value is -7.76. The molecule has 0 unspecified atom stereocenters. The topological polar surface area (TPSA) is 36.5 Å². The summed E-state index contributed by atoms with van der Waals surface area (Å²) in [6.07, 6.45) is 0. The molecule has 2 aliphatic rings. The minimum atomic E-state index is -0.324. The van der Waals surface area contributed by atoms with Crippen LogP contribution < -0.4 is 20.3 Å². The molecular formula is C54H32BNO3. The zero-order chi connectivity index (χ0) is 38.6. The number of rotatable bonds is 4. The van der Waals surface area contributed by atoms with Gasteiger partial charge in [-0.2, -0.15) is 0 Å². The van der Waals surface area contributed by atoms with Crippen LogP contribution in [0.15, 0.2) is 199 Å². The largest absolute Gasteiger partial charge is 0.551 e. The van der Waals surface area contributed by atoms with Gasteiger partial charge >= 0.3 is 6.92 Å². The van der Waals surface area contributed by atoms with Gasteiger partial charge < -0.3 is 18.4 Å². The Morgan fingerprint density at radius 2 is 1.00 bits per heavy atom. The van der Waals surface area contributed by atoms with Crippen LogP contribution in [0.4, 0.5) is 0 Å². The van der Waals surface area contributed by atoms with E-state index in [0.717, 1.165) is 100 Å². The molecule has 13 rings (SSSR count). The van der Waals surface area contributed by atoms with E-state index in [1.54, 1.807) is 0 Å². The molecule has 274 valence electrons. The van der Waals surface area contributed by atoms with Crippen molar-refractivity contribution >= 4 is 61.6 Å². The van der Waals surface area contributed by atoms with Gasteiger partial charge in [0.2, 0.25) is 0 Å². The second kappa shape index (κ2) is 12.4. The van der Waals surface area contributed by atoms with Crippen LogP contribution in [-0.2, 0) is 0 Å². The normalized spacial score (nSPS) is 12.6. The lowest BCUT2D eigenvalue weighted by molar-refractivity contribution is 0.479. The Morgan fingerprint density at radius 1 is 0.373 bits per heavy atom. The van der Waals surface area contributed by atoms with Gasteiger partial charge in [0.05, 0.1) is 11.0 Å². The highest BCUT2D eigenvalue weighted by molar-refractivity contribution is 6.84. The van der Waals surface area contributed by atoms with E-state index in [1.165, 1.54) is 21.8 Å². The van der Waals surface area contributed by atoms with Gasteiger partial charge in [0, 0.05) is 43.7 Å². The molecule has 0 N–H and O–H groups in total. The predicted molar refractivity (Wildman–Crippen MR) is 242 cm³/mol. The van der Waals surface area contributed by atoms with Gasteiger partial charge in [-0.1, -0.05) is 127 Å². The standard InChI is InChI=1S/C54H32BNO3/c1-2-12-39(38(11-1)35-23-27-44-42-15-5-9-19-49(42)57-52(44)31-35)36-29-45-43-16-6-10-20-50(43)59-55-46-30-34(24-28-51(46)58-53(32-36)54(45)55)33-21-25-37(26-22-33)56-47-17-7-3-13-40(47)41-14-4-8-18-48(41)56/h1-32H. The van der Waals surface area contributed by atoms with Crippen molar-refractivity contribution in [2.75, 3.05) is 0 Å². The Labute approximate surface area is 340 Å². The second-order valence-electron chi connectivity index (χ2n) is 15.6. The van der Waals surface area contributed by atoms with Crippen molar-refractivity contribution in [3.05, 3.63) is 194 Å². The Kier molecular flexibility index (Phi) is 6.78. The number of para-hydroxylation sites is 4. The summed E-state index contributed by atoms with van der Waals surface area (Å²) in [7, 11) is 0. The number of hydrogen-bond acceptors (Lipinski definition) is 3. The van der Waals surface area contributed by atoms with Crippen molar-refractivity contribution in [2.45, 2.75) is 0 Å². The third kappa shape index (κ3) is 4.85. The highest BCUT2D eigenvalue weighted by atomic mass is 16.5. The zero-order valence-electron chi connectivity index (χ0n) is 31.7. The predicted octanol–water partition coefficient (Wildman–Crippen LogP) is 13.0. The minimum Gasteiger partial charge on any atom is -0.551 e. The highest BCUT2D eigenvalue weighted by Gasteiger charge is 2.41. The minimum absolute atomic E-state index is 0.324. The van der Waals surface area contributed by atoms with E-state index in [4.69, 9.17) is 13.8 Å². The van der Waals surface area contributed by atoms with Crippen molar-refractivity contribution in [1.82, 2.24) is 4.57 Å². The van der Waals surface area contributed by atoms with Crippen molar-refractivity contribution in [3.8, 4) is 67.4 Å². The van der Waals surface area contributed by atoms with Gasteiger partial charge in [-0.3, -0.25) is 0 Å². The van der Waals surface area contributed by atoms with Gasteiger partial charge in [0.25, 0.3) is 0 Å². The second-order valence-corrected chi connectivity index (χ2v) is 15.6. The lowest BCUT2D eigenvalue weighted by Crippen LogP contribution is -2.53. The summed E-state index contributed by atoms with van der Waals surface area (Å²) in [5.41, 5.74) is 16.2. The molecule has 59 heavy (non-hydrogen) atoms. The van der Waals surface area contributed by atoms with Crippen molar-refractivity contribution in [1.29, 1.82) is 0 Å². The number of hydrogen-bond donors (Lipinski definition) is 0. The molecule has 4 heterocycles. The SMILES string of the molecule is c1ccc2c(c1)OB1c3cc(-c4ccc(-n5c6ccccc6c6ccccc65)cc4)ccc3Oc3cc(-c4ccccc4-c4ccc5c(c4)oc4ccccc45)cc-2c31. The van der Waals surface area contributed by atoms with Gasteiger partial charge in [0.15, 0.2) is 0 Å². The summed E-state index contributed by atoms with van der Waals surface area (Å²) in [6, 6.07) is 68.9. The highest BCUT2D eigenvalue weighted by Crippen LogP contribution is 2.44. The molecule has 2 aromatic heterocycles. The fourth-order valence-electron chi connectivity index (χ4n) is 9.58. The average Bonchev–Trinajstić information content (AvgIpc) is 3.84. The van der Waals surface area contributed by atoms with Crippen LogP contribution in [-0.4, -0.2) is 11.5 Å². The number of ether oxygens (including phenoxy) is 1. The number of benzene rings is 9. The number of furan rings is 1. The molecular weight excluding hydrogens is 721 g/mol. The van der Waals surface area contributed by atoms with E-state index in [2.05, 4.69) is 180 Å². The first-order valence-corrected chi connectivity index (χ1v) is 20.1. The molecule has 0 spiro atoms. The third-order valence-electron chi connectivity index (χ3n) is 12.3. The molecule has 0 saturated carbocycles. The van der Waals surface area contributed by atoms with Gasteiger partial charge in [-0.25, -0.2) is 0 Å². The first kappa shape index (κ1) is 32.3. The molecule has 5 heteroatoms. The lowest BCUT2D eigenvalue weighted by Gasteiger charge is -2.33. The third-order valence-corrected chi connectivity index (χ3v) is 12.3. The summed E-state index contributed by atoms with van der Waals surface area (Å²) < 4.78 is 22.5. The van der Waals surface area contributed by atoms with Crippen LogP contribution in [0.3, 0.4) is 0 Å². The summed E-state index contributed by atoms with van der Waals surface area (Å²) in [4.78, 5) is 0. The summed E-state index contributed by atoms with van der Waals surface area (Å²) >= 11 is 0. The molecule has 2 aliphatic heterocycles. The van der Waals surface area contributed by atoms with E-state index >= 15 is 0 Å². The van der Waals surface area contributed by atoms with Crippen LogP contribution in [0.5, 0.6) is 17.2 Å². The quantitative estimate of drug-likeness (QED) is 0.168. The van der Waals surface area contributed by atoms with Crippen LogP contribution in [0, 0.1) is 0 Å². The van der Waals surface area contributed by atoms with E-state index in [-0.39, 0.29) is 6.92 Å². The van der Waals surface area contributed by atoms with E-state index in [1.807, 2.05) is 18.2 Å². The van der Waals surface area contributed by atoms with Crippen molar-refractivity contribution in [2.24, 2.45) is 0 Å². The number of fused-ring (bicyclic) bond motifs is 10. The molecule has 11 aromatic rings. The van der Waals surface area contributed by atoms with Gasteiger partial charge in [-0.05, 0) is 106 Å². The molecule has 0 bridgehead atoms. The van der Waals surface area contributed by atoms with Crippen molar-refractivity contribution in [3.63, 3.8) is 0 Å². The van der Waals surface area contributed by atoms with E-state index < -0.39 is 0 Å². The molecule has 9 aromatic carbocycles. The van der Waals surface area contributed by atoms with Crippen LogP contribution >= 0.6 is 0 Å². The van der Waals surface area contributed by atoms with Crippen LogP contribution in [0.25, 0.3) is 93.9 Å². The lowest BCUT2D eigenvalue weighted by atomic mass is 9.50. The number of nitrogens with zero attached hydrogens (tertiary/aromatic N) is 1. The van der Waals surface area contributed by atoms with Gasteiger partial charge in [0.1, 0.15) is 28.4 Å². The molecule has 0 radical (unpaired) electrons. The van der Waals surface area contributed by atoms with Gasteiger partial charge in [-0.15, -0.1) is 0 Å². The molecule has 4 nitrogen and oxygen atoms in total. The maximum atomic E-state index is 6.92. The Balaban J connectivity index is 0.904. The Morgan fingerprint density at radius 3 is 1.80 bits per heavy atom. The molecule has 0 fully saturated rings. The first-order chi connectivity index (χ1) is 29.2. The van der Waals surface area contributed by atoms with Crippen molar-refractivity contribution < 1.29 is 13.8 Å². The summed E-state index contributed by atoms with van der Waals surface area (Å²) in [6.45, 7) is -0.324. The van der Waals surface area contributed by atoms with Crippen LogP contribution in [0.1, 0.15) is 0 Å². The zero-order valence-corrected chi connectivity index (χ0v) is 31.7. The van der Waals surface area contributed by atoms with Crippen LogP contribution in [0.2, 0.25) is 0 Å². The molecule has 0 amide bonds. The molecule has 0 atom stereocenters. The maximum Gasteiger partial charge on any atom is 0.434 e. The van der Waals surface area contributed by atoms with E-state index in [9.17, 15) is 0 Å². The molecule has 0 saturated heterocycles. The fourth-order valence-corrected chi connectivity index (χ4v) is 9.58. The maximum absolute atomic E-state index is 6.92. The monoisotopic (exact) mass is 753 g/mol. The summed E-state index contributed by atoms with van der Waals surface area (Å²) in [5.74, 6) is 2.49. The fraction of sp³-hybridized carbons (Fsp3) is 0. The Bertz CT molecular complexity index is 3470. The number of aromatic nitrogens is 1. The molecule has 0 aliphatic carbocycles.